The number of aromatic nitrogens is 2. The average molecular weight is 293 g/mol. The molecule has 1 aromatic heterocycles. The van der Waals surface area contributed by atoms with E-state index in [1.807, 2.05) is 38.1 Å². The standard InChI is InChI=1S/C16H16BN3O2/c1-9-3-5-12(17(21)22)8-14(9)11-4-6-13-15(7-11)10(2)19-20-16(13)18/h3-8,21-22H,1-2H3,(H2,18,20). The molecule has 0 atom stereocenters. The van der Waals surface area contributed by atoms with Crippen LogP contribution in [0.4, 0.5) is 5.82 Å². The lowest BCUT2D eigenvalue weighted by Crippen LogP contribution is -2.29. The SMILES string of the molecule is Cc1ccc(B(O)O)cc1-c1ccc2c(N)nnc(C)c2c1. The molecular formula is C16H16BN3O2. The molecule has 0 fully saturated rings. The highest BCUT2D eigenvalue weighted by Gasteiger charge is 2.14. The molecule has 2 aromatic carbocycles. The topological polar surface area (TPSA) is 92.3 Å². The maximum absolute atomic E-state index is 9.36. The van der Waals surface area contributed by atoms with Crippen LogP contribution in [0.15, 0.2) is 36.4 Å². The minimum atomic E-state index is -1.48. The number of rotatable bonds is 2. The molecule has 110 valence electrons. The van der Waals surface area contributed by atoms with Crippen LogP contribution in [0.2, 0.25) is 0 Å². The first-order valence-corrected chi connectivity index (χ1v) is 6.97. The minimum absolute atomic E-state index is 0.406. The van der Waals surface area contributed by atoms with Crippen LogP contribution >= 0.6 is 0 Å². The fourth-order valence-corrected chi connectivity index (χ4v) is 2.58. The van der Waals surface area contributed by atoms with Gasteiger partial charge in [-0.05, 0) is 48.1 Å². The van der Waals surface area contributed by atoms with Crippen molar-refractivity contribution in [1.29, 1.82) is 0 Å². The van der Waals surface area contributed by atoms with Crippen molar-refractivity contribution in [3.63, 3.8) is 0 Å². The minimum Gasteiger partial charge on any atom is -0.423 e. The Morgan fingerprint density at radius 1 is 0.955 bits per heavy atom. The summed E-state index contributed by atoms with van der Waals surface area (Å²) < 4.78 is 0. The summed E-state index contributed by atoms with van der Waals surface area (Å²) in [6, 6.07) is 11.2. The number of fused-ring (bicyclic) bond motifs is 1. The van der Waals surface area contributed by atoms with Gasteiger partial charge in [0.15, 0.2) is 5.82 Å². The molecule has 3 rings (SSSR count). The van der Waals surface area contributed by atoms with Crippen molar-refractivity contribution in [3.8, 4) is 11.1 Å². The van der Waals surface area contributed by atoms with E-state index in [9.17, 15) is 10.0 Å². The molecule has 0 saturated heterocycles. The second kappa shape index (κ2) is 5.40. The molecule has 1 heterocycles. The summed E-state index contributed by atoms with van der Waals surface area (Å²) in [4.78, 5) is 0. The monoisotopic (exact) mass is 293 g/mol. The summed E-state index contributed by atoms with van der Waals surface area (Å²) in [6.45, 7) is 3.87. The van der Waals surface area contributed by atoms with E-state index < -0.39 is 7.12 Å². The van der Waals surface area contributed by atoms with Gasteiger partial charge in [0, 0.05) is 10.8 Å². The molecule has 0 aliphatic rings. The number of hydrogen-bond donors (Lipinski definition) is 3. The second-order valence-corrected chi connectivity index (χ2v) is 5.38. The van der Waals surface area contributed by atoms with Gasteiger partial charge in [0.05, 0.1) is 5.69 Å². The molecule has 3 aromatic rings. The molecule has 4 N–H and O–H groups in total. The largest absolute Gasteiger partial charge is 0.488 e. The first-order valence-electron chi connectivity index (χ1n) is 6.97. The smallest absolute Gasteiger partial charge is 0.423 e. The van der Waals surface area contributed by atoms with Crippen molar-refractivity contribution in [2.45, 2.75) is 13.8 Å². The lowest BCUT2D eigenvalue weighted by atomic mass is 9.78. The van der Waals surface area contributed by atoms with Crippen LogP contribution in [0.25, 0.3) is 21.9 Å². The number of nitrogens with zero attached hydrogens (tertiary/aromatic N) is 2. The maximum atomic E-state index is 9.36. The zero-order valence-corrected chi connectivity index (χ0v) is 12.4. The summed E-state index contributed by atoms with van der Waals surface area (Å²) in [5, 5.41) is 28.5. The summed E-state index contributed by atoms with van der Waals surface area (Å²) in [6.07, 6.45) is 0. The van der Waals surface area contributed by atoms with Crippen LogP contribution in [0.1, 0.15) is 11.3 Å². The van der Waals surface area contributed by atoms with Crippen LogP contribution in [-0.4, -0.2) is 27.4 Å². The lowest BCUT2D eigenvalue weighted by Gasteiger charge is -2.11. The summed E-state index contributed by atoms with van der Waals surface area (Å²) in [5.41, 5.74) is 10.1. The van der Waals surface area contributed by atoms with E-state index >= 15 is 0 Å². The summed E-state index contributed by atoms with van der Waals surface area (Å²) in [7, 11) is -1.48. The molecule has 0 saturated carbocycles. The van der Waals surface area contributed by atoms with Crippen molar-refractivity contribution in [1.82, 2.24) is 10.2 Å². The van der Waals surface area contributed by atoms with Gasteiger partial charge >= 0.3 is 7.12 Å². The van der Waals surface area contributed by atoms with Crippen LogP contribution in [0.3, 0.4) is 0 Å². The number of nitrogen functional groups attached to an aromatic ring is 1. The summed E-state index contributed by atoms with van der Waals surface area (Å²) >= 11 is 0. The van der Waals surface area contributed by atoms with Crippen LogP contribution in [0, 0.1) is 13.8 Å². The van der Waals surface area contributed by atoms with Crippen LogP contribution < -0.4 is 11.2 Å². The van der Waals surface area contributed by atoms with Gasteiger partial charge in [-0.2, -0.15) is 5.10 Å². The number of benzene rings is 2. The molecule has 0 bridgehead atoms. The highest BCUT2D eigenvalue weighted by atomic mass is 16.4. The molecular weight excluding hydrogens is 277 g/mol. The predicted molar refractivity (Wildman–Crippen MR) is 88.7 cm³/mol. The van der Waals surface area contributed by atoms with Crippen LogP contribution in [0.5, 0.6) is 0 Å². The van der Waals surface area contributed by atoms with Crippen LogP contribution in [-0.2, 0) is 0 Å². The van der Waals surface area contributed by atoms with Gasteiger partial charge in [-0.25, -0.2) is 0 Å². The molecule has 5 nitrogen and oxygen atoms in total. The van der Waals surface area contributed by atoms with Crippen molar-refractivity contribution in [2.24, 2.45) is 0 Å². The quantitative estimate of drug-likeness (QED) is 0.617. The Bertz CT molecular complexity index is 865. The van der Waals surface area contributed by atoms with Crippen molar-refractivity contribution in [2.75, 3.05) is 5.73 Å². The van der Waals surface area contributed by atoms with Gasteiger partial charge in [-0.1, -0.05) is 24.3 Å². The normalized spacial score (nSPS) is 10.9. The number of anilines is 1. The van der Waals surface area contributed by atoms with Crippen molar-refractivity contribution < 1.29 is 10.0 Å². The Labute approximate surface area is 128 Å². The highest BCUT2D eigenvalue weighted by Crippen LogP contribution is 2.29. The number of aryl methyl sites for hydroxylation is 2. The van der Waals surface area contributed by atoms with Gasteiger partial charge in [0.1, 0.15) is 0 Å². The molecule has 0 unspecified atom stereocenters. The Morgan fingerprint density at radius 2 is 1.73 bits per heavy atom. The van der Waals surface area contributed by atoms with E-state index in [0.717, 1.165) is 33.2 Å². The van der Waals surface area contributed by atoms with Gasteiger partial charge < -0.3 is 15.8 Å². The van der Waals surface area contributed by atoms with E-state index in [2.05, 4.69) is 10.2 Å². The average Bonchev–Trinajstić information content (AvgIpc) is 2.51. The molecule has 0 aliphatic heterocycles. The van der Waals surface area contributed by atoms with Gasteiger partial charge in [0.2, 0.25) is 0 Å². The fourth-order valence-electron chi connectivity index (χ4n) is 2.58. The van der Waals surface area contributed by atoms with E-state index in [1.54, 1.807) is 12.1 Å². The molecule has 6 heteroatoms. The Balaban J connectivity index is 2.23. The third-order valence-corrected chi connectivity index (χ3v) is 3.86. The predicted octanol–water partition coefficient (Wildman–Crippen LogP) is 1.18. The lowest BCUT2D eigenvalue weighted by molar-refractivity contribution is 0.426. The molecule has 0 radical (unpaired) electrons. The Kier molecular flexibility index (Phi) is 3.56. The number of hydrogen-bond acceptors (Lipinski definition) is 5. The zero-order chi connectivity index (χ0) is 15.9. The van der Waals surface area contributed by atoms with Gasteiger partial charge in [-0.15, -0.1) is 5.10 Å². The Hall–Kier alpha value is -2.44. The maximum Gasteiger partial charge on any atom is 0.488 e. The van der Waals surface area contributed by atoms with Gasteiger partial charge in [-0.3, -0.25) is 0 Å². The van der Waals surface area contributed by atoms with E-state index in [0.29, 0.717) is 11.3 Å². The molecule has 22 heavy (non-hydrogen) atoms. The van der Waals surface area contributed by atoms with Crippen molar-refractivity contribution in [3.05, 3.63) is 47.7 Å². The molecule has 0 amide bonds. The third kappa shape index (κ3) is 2.43. The highest BCUT2D eigenvalue weighted by molar-refractivity contribution is 6.58. The Morgan fingerprint density at radius 3 is 2.45 bits per heavy atom. The third-order valence-electron chi connectivity index (χ3n) is 3.86. The molecule has 0 spiro atoms. The van der Waals surface area contributed by atoms with Crippen molar-refractivity contribution >= 4 is 29.2 Å². The van der Waals surface area contributed by atoms with E-state index in [1.165, 1.54) is 0 Å². The first kappa shape index (κ1) is 14.5. The fraction of sp³-hybridized carbons (Fsp3) is 0.125. The van der Waals surface area contributed by atoms with E-state index in [-0.39, 0.29) is 0 Å². The number of nitrogens with two attached hydrogens (primary N) is 1. The van der Waals surface area contributed by atoms with Gasteiger partial charge in [0.25, 0.3) is 0 Å². The molecule has 0 aliphatic carbocycles. The second-order valence-electron chi connectivity index (χ2n) is 5.38. The summed E-state index contributed by atoms with van der Waals surface area (Å²) in [5.74, 6) is 0.406. The van der Waals surface area contributed by atoms with E-state index in [4.69, 9.17) is 5.73 Å². The zero-order valence-electron chi connectivity index (χ0n) is 12.4. The first-order chi connectivity index (χ1) is 10.5.